The number of nitrogens with two attached hydrogens (primary N) is 1. The van der Waals surface area contributed by atoms with E-state index in [1.165, 1.54) is 0 Å². The van der Waals surface area contributed by atoms with Crippen molar-refractivity contribution in [2.24, 2.45) is 5.73 Å². The minimum atomic E-state index is 0.131. The maximum Gasteiger partial charge on any atom is 0.0575 e. The second-order valence-corrected chi connectivity index (χ2v) is 2.51. The van der Waals surface area contributed by atoms with Crippen LogP contribution in [0.2, 0.25) is 0 Å². The van der Waals surface area contributed by atoms with Crippen molar-refractivity contribution in [3.8, 4) is 0 Å². The summed E-state index contributed by atoms with van der Waals surface area (Å²) in [5.74, 6) is 0. The first-order valence-electron chi connectivity index (χ1n) is 3.97. The lowest BCUT2D eigenvalue weighted by atomic mass is 10.3. The third-order valence-corrected chi connectivity index (χ3v) is 1.61. The lowest BCUT2D eigenvalue weighted by molar-refractivity contribution is 0.239. The van der Waals surface area contributed by atoms with Gasteiger partial charge < -0.3 is 5.73 Å². The van der Waals surface area contributed by atoms with Crippen LogP contribution in [0.5, 0.6) is 0 Å². The van der Waals surface area contributed by atoms with Crippen LogP contribution in [0, 0.1) is 0 Å². The van der Waals surface area contributed by atoms with E-state index in [1.807, 2.05) is 12.2 Å². The lowest BCUT2D eigenvalue weighted by Gasteiger charge is -2.25. The second-order valence-electron chi connectivity index (χ2n) is 2.51. The number of hydrogen-bond donors (Lipinski definition) is 1. The molecule has 0 spiro atoms. The van der Waals surface area contributed by atoms with E-state index in [-0.39, 0.29) is 6.17 Å². The molecule has 2 nitrogen and oxygen atoms in total. The van der Waals surface area contributed by atoms with Gasteiger partial charge in [0.2, 0.25) is 0 Å². The van der Waals surface area contributed by atoms with Gasteiger partial charge in [-0.15, -0.1) is 13.2 Å². The Morgan fingerprint density at radius 2 is 1.82 bits per heavy atom. The lowest BCUT2D eigenvalue weighted by Crippen LogP contribution is -2.41. The molecule has 0 bridgehead atoms. The van der Waals surface area contributed by atoms with Crippen molar-refractivity contribution in [2.45, 2.75) is 19.5 Å². The molecular weight excluding hydrogens is 136 g/mol. The highest BCUT2D eigenvalue weighted by Crippen LogP contribution is 1.97. The average molecular weight is 154 g/mol. The zero-order valence-corrected chi connectivity index (χ0v) is 7.29. The molecule has 1 unspecified atom stereocenters. The molecule has 0 aliphatic rings. The van der Waals surface area contributed by atoms with E-state index in [1.54, 1.807) is 0 Å². The smallest absolute Gasteiger partial charge is 0.0575 e. The molecule has 0 aromatic heterocycles. The monoisotopic (exact) mass is 154 g/mol. The molecule has 2 heteroatoms. The Labute approximate surface area is 69.4 Å². The van der Waals surface area contributed by atoms with Crippen LogP contribution in [0.3, 0.4) is 0 Å². The fourth-order valence-corrected chi connectivity index (χ4v) is 0.935. The first-order valence-corrected chi connectivity index (χ1v) is 3.97. The number of nitrogens with zero attached hydrogens (tertiary/aromatic N) is 1. The van der Waals surface area contributed by atoms with Gasteiger partial charge in [-0.25, -0.2) is 0 Å². The van der Waals surface area contributed by atoms with Crippen molar-refractivity contribution in [3.05, 3.63) is 25.3 Å². The standard InChI is InChI=1S/C9H18N2/c1-4-7-11(8-5-2)9(10)6-3/h4-5,9H,1-2,6-8,10H2,3H3. The third-order valence-electron chi connectivity index (χ3n) is 1.61. The van der Waals surface area contributed by atoms with Crippen LogP contribution in [-0.2, 0) is 0 Å². The molecule has 0 aliphatic heterocycles. The molecule has 0 aliphatic carbocycles. The summed E-state index contributed by atoms with van der Waals surface area (Å²) < 4.78 is 0. The molecule has 64 valence electrons. The highest BCUT2D eigenvalue weighted by Gasteiger charge is 2.07. The summed E-state index contributed by atoms with van der Waals surface area (Å²) in [6, 6.07) is 0. The van der Waals surface area contributed by atoms with Gasteiger partial charge >= 0.3 is 0 Å². The largest absolute Gasteiger partial charge is 0.316 e. The fourth-order valence-electron chi connectivity index (χ4n) is 0.935. The van der Waals surface area contributed by atoms with E-state index in [0.717, 1.165) is 19.5 Å². The Morgan fingerprint density at radius 3 is 2.09 bits per heavy atom. The summed E-state index contributed by atoms with van der Waals surface area (Å²) >= 11 is 0. The summed E-state index contributed by atoms with van der Waals surface area (Å²) in [6.45, 7) is 11.1. The molecule has 0 aromatic carbocycles. The predicted octanol–water partition coefficient (Wildman–Crippen LogP) is 1.36. The van der Waals surface area contributed by atoms with Crippen molar-refractivity contribution in [2.75, 3.05) is 13.1 Å². The molecule has 11 heavy (non-hydrogen) atoms. The Balaban J connectivity index is 3.84. The zero-order chi connectivity index (χ0) is 8.69. The molecule has 0 amide bonds. The van der Waals surface area contributed by atoms with E-state index in [9.17, 15) is 0 Å². The topological polar surface area (TPSA) is 29.3 Å². The summed E-state index contributed by atoms with van der Waals surface area (Å²) in [5, 5.41) is 0. The Kier molecular flexibility index (Phi) is 5.80. The highest BCUT2D eigenvalue weighted by molar-refractivity contribution is 4.81. The fraction of sp³-hybridized carbons (Fsp3) is 0.556. The van der Waals surface area contributed by atoms with Crippen LogP contribution in [-0.4, -0.2) is 24.2 Å². The molecule has 1 atom stereocenters. The number of hydrogen-bond acceptors (Lipinski definition) is 2. The van der Waals surface area contributed by atoms with Crippen LogP contribution in [0.1, 0.15) is 13.3 Å². The normalized spacial score (nSPS) is 13.0. The molecule has 0 aromatic rings. The SMILES string of the molecule is C=CCN(CC=C)C(N)CC. The van der Waals surface area contributed by atoms with E-state index in [2.05, 4.69) is 25.0 Å². The molecule has 0 saturated carbocycles. The molecule has 0 saturated heterocycles. The molecule has 0 heterocycles. The van der Waals surface area contributed by atoms with Gasteiger partial charge in [-0.05, 0) is 6.42 Å². The quantitative estimate of drug-likeness (QED) is 0.462. The maximum atomic E-state index is 5.82. The van der Waals surface area contributed by atoms with Gasteiger partial charge in [-0.2, -0.15) is 0 Å². The minimum Gasteiger partial charge on any atom is -0.316 e. The van der Waals surface area contributed by atoms with Crippen molar-refractivity contribution in [1.29, 1.82) is 0 Å². The van der Waals surface area contributed by atoms with Gasteiger partial charge in [0.05, 0.1) is 6.17 Å². The Morgan fingerprint density at radius 1 is 1.36 bits per heavy atom. The van der Waals surface area contributed by atoms with Gasteiger partial charge in [0.1, 0.15) is 0 Å². The van der Waals surface area contributed by atoms with Crippen molar-refractivity contribution < 1.29 is 0 Å². The minimum absolute atomic E-state index is 0.131. The predicted molar refractivity (Wildman–Crippen MR) is 50.2 cm³/mol. The van der Waals surface area contributed by atoms with Gasteiger partial charge in [-0.3, -0.25) is 4.90 Å². The van der Waals surface area contributed by atoms with E-state index < -0.39 is 0 Å². The number of rotatable bonds is 6. The van der Waals surface area contributed by atoms with Gasteiger partial charge in [0, 0.05) is 13.1 Å². The average Bonchev–Trinajstić information content (AvgIpc) is 2.03. The Bertz CT molecular complexity index is 111. The first kappa shape index (κ1) is 10.4. The maximum absolute atomic E-state index is 5.82. The summed E-state index contributed by atoms with van der Waals surface area (Å²) in [6.07, 6.45) is 4.81. The van der Waals surface area contributed by atoms with Gasteiger partial charge in [0.25, 0.3) is 0 Å². The summed E-state index contributed by atoms with van der Waals surface area (Å²) in [7, 11) is 0. The van der Waals surface area contributed by atoms with Gasteiger partial charge in [-0.1, -0.05) is 19.1 Å². The van der Waals surface area contributed by atoms with Crippen LogP contribution in [0.15, 0.2) is 25.3 Å². The molecule has 2 N–H and O–H groups in total. The van der Waals surface area contributed by atoms with Crippen LogP contribution in [0.25, 0.3) is 0 Å². The van der Waals surface area contributed by atoms with Crippen LogP contribution < -0.4 is 5.73 Å². The molecular formula is C9H18N2. The van der Waals surface area contributed by atoms with E-state index in [0.29, 0.717) is 0 Å². The zero-order valence-electron chi connectivity index (χ0n) is 7.29. The third kappa shape index (κ3) is 3.96. The van der Waals surface area contributed by atoms with E-state index >= 15 is 0 Å². The summed E-state index contributed by atoms with van der Waals surface area (Å²) in [5.41, 5.74) is 5.82. The molecule has 0 radical (unpaired) electrons. The van der Waals surface area contributed by atoms with E-state index in [4.69, 9.17) is 5.73 Å². The van der Waals surface area contributed by atoms with Crippen molar-refractivity contribution in [3.63, 3.8) is 0 Å². The second kappa shape index (κ2) is 6.13. The Hall–Kier alpha value is -0.600. The van der Waals surface area contributed by atoms with Crippen LogP contribution in [0.4, 0.5) is 0 Å². The van der Waals surface area contributed by atoms with Crippen molar-refractivity contribution in [1.82, 2.24) is 4.90 Å². The highest BCUT2D eigenvalue weighted by atomic mass is 15.2. The van der Waals surface area contributed by atoms with Crippen LogP contribution >= 0.6 is 0 Å². The van der Waals surface area contributed by atoms with Crippen molar-refractivity contribution >= 4 is 0 Å². The summed E-state index contributed by atoms with van der Waals surface area (Å²) in [4.78, 5) is 2.12. The molecule has 0 fully saturated rings. The van der Waals surface area contributed by atoms with Gasteiger partial charge in [0.15, 0.2) is 0 Å². The first-order chi connectivity index (χ1) is 5.26. The molecule has 0 rings (SSSR count).